The van der Waals surface area contributed by atoms with Crippen molar-refractivity contribution in [1.29, 1.82) is 0 Å². The van der Waals surface area contributed by atoms with E-state index in [9.17, 15) is 9.59 Å². The molecule has 0 bridgehead atoms. The second-order valence-corrected chi connectivity index (χ2v) is 4.92. The summed E-state index contributed by atoms with van der Waals surface area (Å²) in [7, 11) is 0. The molecule has 88 valence electrons. The van der Waals surface area contributed by atoms with E-state index in [1.165, 1.54) is 0 Å². The van der Waals surface area contributed by atoms with Crippen LogP contribution in [0.2, 0.25) is 0 Å². The molecule has 0 aliphatic carbocycles. The fourth-order valence-corrected chi connectivity index (χ4v) is 1.24. The summed E-state index contributed by atoms with van der Waals surface area (Å²) in [4.78, 5) is 21.6. The van der Waals surface area contributed by atoms with Crippen LogP contribution in [-0.4, -0.2) is 16.8 Å². The Kier molecular flexibility index (Phi) is 6.57. The summed E-state index contributed by atoms with van der Waals surface area (Å²) >= 11 is 5.18. The Morgan fingerprint density at radius 3 is 2.07 bits per heavy atom. The Morgan fingerprint density at radius 2 is 1.60 bits per heavy atom. The Bertz CT molecular complexity index is 218. The van der Waals surface area contributed by atoms with Gasteiger partial charge in [-0.05, 0) is 45.2 Å². The van der Waals surface area contributed by atoms with Crippen LogP contribution in [0.25, 0.3) is 0 Å². The third-order valence-corrected chi connectivity index (χ3v) is 1.86. The predicted octanol–water partition coefficient (Wildman–Crippen LogP) is 3.04. The van der Waals surface area contributed by atoms with Gasteiger partial charge in [0.15, 0.2) is 0 Å². The van der Waals surface area contributed by atoms with Crippen LogP contribution in [0, 0.1) is 0 Å². The summed E-state index contributed by atoms with van der Waals surface area (Å²) in [5.74, 6) is -0.181. The van der Waals surface area contributed by atoms with Crippen molar-refractivity contribution < 1.29 is 14.3 Å². The van der Waals surface area contributed by atoms with Crippen molar-refractivity contribution in [2.45, 2.75) is 58.5 Å². The maximum Gasteiger partial charge on any atom is 0.306 e. The number of esters is 1. The minimum absolute atomic E-state index is 0.181. The fraction of sp³-hybridized carbons (Fsp3) is 0.818. The van der Waals surface area contributed by atoms with Crippen LogP contribution in [0.1, 0.15) is 52.9 Å². The number of halogens is 1. The molecular formula is C11H19ClO3. The van der Waals surface area contributed by atoms with E-state index in [4.69, 9.17) is 16.3 Å². The Labute approximate surface area is 96.1 Å². The van der Waals surface area contributed by atoms with Gasteiger partial charge in [0, 0.05) is 12.8 Å². The van der Waals surface area contributed by atoms with Gasteiger partial charge in [-0.1, -0.05) is 6.42 Å². The van der Waals surface area contributed by atoms with E-state index in [1.807, 2.05) is 20.8 Å². The SMILES string of the molecule is CC(C)(C)OC(=O)CCCCCC(=O)Cl. The molecular weight excluding hydrogens is 216 g/mol. The van der Waals surface area contributed by atoms with Crippen LogP contribution >= 0.6 is 11.6 Å². The van der Waals surface area contributed by atoms with Crippen molar-refractivity contribution in [3.8, 4) is 0 Å². The van der Waals surface area contributed by atoms with E-state index >= 15 is 0 Å². The molecule has 0 aromatic carbocycles. The second kappa shape index (κ2) is 6.83. The summed E-state index contributed by atoms with van der Waals surface area (Å²) in [6.45, 7) is 5.53. The van der Waals surface area contributed by atoms with E-state index in [0.717, 1.165) is 19.3 Å². The number of hydrogen-bond acceptors (Lipinski definition) is 3. The number of hydrogen-bond donors (Lipinski definition) is 0. The van der Waals surface area contributed by atoms with Gasteiger partial charge in [-0.15, -0.1) is 0 Å². The Morgan fingerprint density at radius 1 is 1.07 bits per heavy atom. The first kappa shape index (κ1) is 14.4. The van der Waals surface area contributed by atoms with Crippen molar-refractivity contribution in [3.05, 3.63) is 0 Å². The molecule has 0 aliphatic rings. The average Bonchev–Trinajstić information content (AvgIpc) is 1.99. The third-order valence-electron chi connectivity index (χ3n) is 1.67. The van der Waals surface area contributed by atoms with Gasteiger partial charge in [0.1, 0.15) is 5.60 Å². The molecule has 0 radical (unpaired) electrons. The average molecular weight is 235 g/mol. The first-order valence-electron chi connectivity index (χ1n) is 5.21. The maximum atomic E-state index is 11.2. The highest BCUT2D eigenvalue weighted by Gasteiger charge is 2.15. The molecule has 0 amide bonds. The standard InChI is InChI=1S/C11H19ClO3/c1-11(2,3)15-10(14)8-6-4-5-7-9(12)13/h4-8H2,1-3H3. The van der Waals surface area contributed by atoms with Crippen molar-refractivity contribution in [2.24, 2.45) is 0 Å². The molecule has 0 unspecified atom stereocenters. The lowest BCUT2D eigenvalue weighted by atomic mass is 10.1. The van der Waals surface area contributed by atoms with Gasteiger partial charge in [0.25, 0.3) is 0 Å². The lowest BCUT2D eigenvalue weighted by Gasteiger charge is -2.19. The molecule has 0 fully saturated rings. The van der Waals surface area contributed by atoms with Gasteiger partial charge < -0.3 is 4.74 Å². The van der Waals surface area contributed by atoms with Crippen molar-refractivity contribution in [2.75, 3.05) is 0 Å². The van der Waals surface area contributed by atoms with Gasteiger partial charge >= 0.3 is 5.97 Å². The first-order chi connectivity index (χ1) is 6.81. The number of carbonyl (C=O) groups is 2. The van der Waals surface area contributed by atoms with E-state index in [2.05, 4.69) is 0 Å². The molecule has 3 nitrogen and oxygen atoms in total. The molecule has 0 aromatic heterocycles. The van der Waals surface area contributed by atoms with Gasteiger partial charge in [0.05, 0.1) is 0 Å². The number of unbranched alkanes of at least 4 members (excludes halogenated alkanes) is 2. The van der Waals surface area contributed by atoms with E-state index in [1.54, 1.807) is 0 Å². The molecule has 0 aromatic rings. The van der Waals surface area contributed by atoms with Gasteiger partial charge in [0.2, 0.25) is 5.24 Å². The molecule has 0 atom stereocenters. The van der Waals surface area contributed by atoms with Crippen LogP contribution in [0.3, 0.4) is 0 Å². The fourth-order valence-electron chi connectivity index (χ4n) is 1.10. The van der Waals surface area contributed by atoms with Gasteiger partial charge in [-0.3, -0.25) is 9.59 Å². The maximum absolute atomic E-state index is 11.2. The van der Waals surface area contributed by atoms with E-state index < -0.39 is 5.60 Å². The molecule has 4 heteroatoms. The topological polar surface area (TPSA) is 43.4 Å². The number of carbonyl (C=O) groups excluding carboxylic acids is 2. The van der Waals surface area contributed by atoms with Crippen molar-refractivity contribution in [1.82, 2.24) is 0 Å². The Hall–Kier alpha value is -0.570. The van der Waals surface area contributed by atoms with Crippen LogP contribution in [0.5, 0.6) is 0 Å². The summed E-state index contributed by atoms with van der Waals surface area (Å²) in [5, 5.41) is -0.313. The first-order valence-corrected chi connectivity index (χ1v) is 5.59. The van der Waals surface area contributed by atoms with Crippen molar-refractivity contribution >= 4 is 22.8 Å². The quantitative estimate of drug-likeness (QED) is 0.403. The van der Waals surface area contributed by atoms with Crippen LogP contribution < -0.4 is 0 Å². The molecule has 0 heterocycles. The molecule has 15 heavy (non-hydrogen) atoms. The zero-order chi connectivity index (χ0) is 11.9. The highest BCUT2D eigenvalue weighted by Crippen LogP contribution is 2.11. The van der Waals surface area contributed by atoms with Gasteiger partial charge in [-0.25, -0.2) is 0 Å². The van der Waals surface area contributed by atoms with Crippen molar-refractivity contribution in [3.63, 3.8) is 0 Å². The smallest absolute Gasteiger partial charge is 0.306 e. The lowest BCUT2D eigenvalue weighted by Crippen LogP contribution is -2.23. The zero-order valence-corrected chi connectivity index (χ0v) is 10.4. The second-order valence-electron chi connectivity index (χ2n) is 4.50. The van der Waals surface area contributed by atoms with Gasteiger partial charge in [-0.2, -0.15) is 0 Å². The van der Waals surface area contributed by atoms with E-state index in [0.29, 0.717) is 12.8 Å². The zero-order valence-electron chi connectivity index (χ0n) is 9.64. The minimum atomic E-state index is -0.414. The predicted molar refractivity (Wildman–Crippen MR) is 59.8 cm³/mol. The Balaban J connectivity index is 3.44. The molecule has 0 saturated carbocycles. The summed E-state index contributed by atoms with van der Waals surface area (Å²) < 4.78 is 5.13. The summed E-state index contributed by atoms with van der Waals surface area (Å²) in [6, 6.07) is 0. The molecule has 0 rings (SSSR count). The highest BCUT2D eigenvalue weighted by atomic mass is 35.5. The van der Waals surface area contributed by atoms with Crippen LogP contribution in [0.4, 0.5) is 0 Å². The van der Waals surface area contributed by atoms with Crippen LogP contribution in [0.15, 0.2) is 0 Å². The number of ether oxygens (including phenoxy) is 1. The monoisotopic (exact) mass is 234 g/mol. The third kappa shape index (κ3) is 11.4. The lowest BCUT2D eigenvalue weighted by molar-refractivity contribution is -0.154. The number of rotatable bonds is 6. The highest BCUT2D eigenvalue weighted by molar-refractivity contribution is 6.63. The molecule has 0 N–H and O–H groups in total. The normalized spacial score (nSPS) is 11.2. The minimum Gasteiger partial charge on any atom is -0.460 e. The molecule has 0 spiro atoms. The van der Waals surface area contributed by atoms with E-state index in [-0.39, 0.29) is 11.2 Å². The van der Waals surface area contributed by atoms with Crippen LogP contribution in [-0.2, 0) is 14.3 Å². The summed E-state index contributed by atoms with van der Waals surface area (Å²) in [6.07, 6.45) is 3.12. The summed E-state index contributed by atoms with van der Waals surface area (Å²) in [5.41, 5.74) is -0.414. The molecule has 0 aliphatic heterocycles. The largest absolute Gasteiger partial charge is 0.460 e. The molecule has 0 saturated heterocycles.